The largest absolute Gasteiger partial charge is 0.451 e. The molecule has 0 fully saturated rings. The second-order valence-electron chi connectivity index (χ2n) is 6.14. The van der Waals surface area contributed by atoms with Gasteiger partial charge in [-0.15, -0.1) is 0 Å². The van der Waals surface area contributed by atoms with Gasteiger partial charge in [0.15, 0.2) is 6.61 Å². The number of anilines is 2. The first kappa shape index (κ1) is 19.8. The van der Waals surface area contributed by atoms with Crippen molar-refractivity contribution < 1.29 is 23.5 Å². The maximum atomic E-state index is 13.0. The first-order valence-electron chi connectivity index (χ1n) is 8.68. The molecular weight excluding hydrogens is 377 g/mol. The van der Waals surface area contributed by atoms with Gasteiger partial charge < -0.3 is 19.9 Å². The Morgan fingerprint density at radius 1 is 0.966 bits per heavy atom. The van der Waals surface area contributed by atoms with Gasteiger partial charge in [0.05, 0.1) is 11.3 Å². The molecule has 2 amide bonds. The molecule has 2 N–H and O–H groups in total. The van der Waals surface area contributed by atoms with Gasteiger partial charge in [-0.3, -0.25) is 9.59 Å². The number of hydrogen-bond acceptors (Lipinski definition) is 4. The van der Waals surface area contributed by atoms with Crippen molar-refractivity contribution in [2.24, 2.45) is 7.05 Å². The van der Waals surface area contributed by atoms with Gasteiger partial charge in [0.25, 0.3) is 11.8 Å². The quantitative estimate of drug-likeness (QED) is 0.627. The second-order valence-corrected chi connectivity index (χ2v) is 6.14. The third-order valence-corrected chi connectivity index (χ3v) is 4.04. The number of aromatic nitrogens is 1. The summed E-state index contributed by atoms with van der Waals surface area (Å²) in [6.45, 7) is -0.502. The predicted molar refractivity (Wildman–Crippen MR) is 105 cm³/mol. The first-order chi connectivity index (χ1) is 13.9. The van der Waals surface area contributed by atoms with Crippen molar-refractivity contribution in [1.29, 1.82) is 0 Å². The van der Waals surface area contributed by atoms with Crippen LogP contribution in [0.5, 0.6) is 0 Å². The van der Waals surface area contributed by atoms with E-state index in [1.165, 1.54) is 30.3 Å². The molecule has 148 valence electrons. The molecule has 1 heterocycles. The molecular formula is C21H18FN3O4. The number of halogens is 1. The molecule has 0 saturated carbocycles. The van der Waals surface area contributed by atoms with Crippen LogP contribution in [0.4, 0.5) is 15.8 Å². The first-order valence-corrected chi connectivity index (χ1v) is 8.68. The molecule has 0 spiro atoms. The number of benzene rings is 2. The maximum Gasteiger partial charge on any atom is 0.355 e. The minimum absolute atomic E-state index is 0.207. The molecule has 0 radical (unpaired) electrons. The van der Waals surface area contributed by atoms with Crippen LogP contribution in [0.1, 0.15) is 20.8 Å². The molecule has 0 atom stereocenters. The van der Waals surface area contributed by atoms with E-state index >= 15 is 0 Å². The lowest BCUT2D eigenvalue weighted by Crippen LogP contribution is -2.23. The number of rotatable bonds is 6. The summed E-state index contributed by atoms with van der Waals surface area (Å²) < 4.78 is 19.6. The highest BCUT2D eigenvalue weighted by Crippen LogP contribution is 2.18. The average molecular weight is 395 g/mol. The van der Waals surface area contributed by atoms with Crippen LogP contribution >= 0.6 is 0 Å². The Hall–Kier alpha value is -3.94. The smallest absolute Gasteiger partial charge is 0.355 e. The van der Waals surface area contributed by atoms with Gasteiger partial charge in [-0.2, -0.15) is 0 Å². The van der Waals surface area contributed by atoms with E-state index in [4.69, 9.17) is 4.74 Å². The van der Waals surface area contributed by atoms with Crippen LogP contribution in [0.15, 0.2) is 66.9 Å². The van der Waals surface area contributed by atoms with Crippen molar-refractivity contribution in [1.82, 2.24) is 4.57 Å². The van der Waals surface area contributed by atoms with Gasteiger partial charge in [-0.05, 0) is 48.5 Å². The second kappa shape index (κ2) is 8.83. The summed E-state index contributed by atoms with van der Waals surface area (Å²) in [5, 5.41) is 5.19. The van der Waals surface area contributed by atoms with Crippen molar-refractivity contribution in [3.05, 3.63) is 83.9 Å². The zero-order valence-electron chi connectivity index (χ0n) is 15.5. The molecule has 3 rings (SSSR count). The molecule has 0 bridgehead atoms. The molecule has 0 saturated heterocycles. The highest BCUT2D eigenvalue weighted by molar-refractivity contribution is 6.10. The van der Waals surface area contributed by atoms with Crippen molar-refractivity contribution in [3.63, 3.8) is 0 Å². The molecule has 0 aliphatic carbocycles. The summed E-state index contributed by atoms with van der Waals surface area (Å²) >= 11 is 0. The van der Waals surface area contributed by atoms with Crippen molar-refractivity contribution >= 4 is 29.2 Å². The van der Waals surface area contributed by atoms with Crippen molar-refractivity contribution in [2.45, 2.75) is 0 Å². The van der Waals surface area contributed by atoms with Gasteiger partial charge in [-0.25, -0.2) is 9.18 Å². The Morgan fingerprint density at radius 3 is 2.38 bits per heavy atom. The van der Waals surface area contributed by atoms with E-state index in [1.54, 1.807) is 48.1 Å². The summed E-state index contributed by atoms with van der Waals surface area (Å²) in [5.74, 6) is -2.11. The number of esters is 1. The number of nitrogens with zero attached hydrogens (tertiary/aromatic N) is 1. The highest BCUT2D eigenvalue weighted by Gasteiger charge is 2.16. The fourth-order valence-electron chi connectivity index (χ4n) is 2.59. The van der Waals surface area contributed by atoms with E-state index in [0.717, 1.165) is 0 Å². The number of para-hydroxylation sites is 1. The van der Waals surface area contributed by atoms with Gasteiger partial charge in [0.1, 0.15) is 11.5 Å². The number of carbonyl (C=O) groups is 3. The lowest BCUT2D eigenvalue weighted by atomic mass is 10.1. The Morgan fingerprint density at radius 2 is 1.69 bits per heavy atom. The maximum absolute atomic E-state index is 13.0. The number of amides is 2. The van der Waals surface area contributed by atoms with Crippen molar-refractivity contribution in [2.75, 3.05) is 17.2 Å². The number of hydrogen-bond donors (Lipinski definition) is 2. The summed E-state index contributed by atoms with van der Waals surface area (Å²) in [5.41, 5.74) is 1.19. The van der Waals surface area contributed by atoms with Gasteiger partial charge in [0.2, 0.25) is 0 Å². The van der Waals surface area contributed by atoms with Crippen LogP contribution in [0, 0.1) is 5.82 Å². The lowest BCUT2D eigenvalue weighted by Gasteiger charge is -2.12. The van der Waals surface area contributed by atoms with Crippen LogP contribution in [0.25, 0.3) is 0 Å². The molecule has 0 aliphatic heterocycles. The molecule has 29 heavy (non-hydrogen) atoms. The summed E-state index contributed by atoms with van der Waals surface area (Å²) in [7, 11) is 1.69. The SMILES string of the molecule is Cn1cccc1C(=O)OCC(=O)Nc1ccccc1C(=O)Nc1ccc(F)cc1. The molecule has 2 aromatic carbocycles. The van der Waals surface area contributed by atoms with Crippen LogP contribution in [0.3, 0.4) is 0 Å². The van der Waals surface area contributed by atoms with Gasteiger partial charge >= 0.3 is 5.97 Å². The molecule has 0 aliphatic rings. The Balaban J connectivity index is 1.63. The summed E-state index contributed by atoms with van der Waals surface area (Å²) in [6.07, 6.45) is 1.69. The molecule has 7 nitrogen and oxygen atoms in total. The molecule has 1 aromatic heterocycles. The van der Waals surface area contributed by atoms with Crippen LogP contribution in [-0.4, -0.2) is 29.0 Å². The van der Waals surface area contributed by atoms with Crippen LogP contribution in [0.2, 0.25) is 0 Å². The lowest BCUT2D eigenvalue weighted by molar-refractivity contribution is -0.119. The van der Waals surface area contributed by atoms with E-state index in [2.05, 4.69) is 10.6 Å². The van der Waals surface area contributed by atoms with Crippen LogP contribution in [-0.2, 0) is 16.6 Å². The van der Waals surface area contributed by atoms with E-state index in [1.807, 2.05) is 0 Å². The Kier molecular flexibility index (Phi) is 6.03. The monoisotopic (exact) mass is 395 g/mol. The molecule has 0 unspecified atom stereocenters. The zero-order valence-corrected chi connectivity index (χ0v) is 15.5. The van der Waals surface area contributed by atoms with Gasteiger partial charge in [-0.1, -0.05) is 12.1 Å². The van der Waals surface area contributed by atoms with E-state index in [9.17, 15) is 18.8 Å². The normalized spacial score (nSPS) is 10.3. The fourth-order valence-corrected chi connectivity index (χ4v) is 2.59. The van der Waals surface area contributed by atoms with E-state index in [0.29, 0.717) is 11.4 Å². The minimum atomic E-state index is -0.630. The summed E-state index contributed by atoms with van der Waals surface area (Å²) in [4.78, 5) is 36.7. The number of carbonyl (C=O) groups excluding carboxylic acids is 3. The zero-order chi connectivity index (χ0) is 20.8. The van der Waals surface area contributed by atoms with Gasteiger partial charge in [0, 0.05) is 18.9 Å². The Labute approximate surface area is 166 Å². The third kappa shape index (κ3) is 5.07. The predicted octanol–water partition coefficient (Wildman–Crippen LogP) is 3.21. The van der Waals surface area contributed by atoms with E-state index in [-0.39, 0.29) is 11.3 Å². The van der Waals surface area contributed by atoms with E-state index < -0.39 is 30.2 Å². The fraction of sp³-hybridized carbons (Fsp3) is 0.0952. The molecule has 8 heteroatoms. The minimum Gasteiger partial charge on any atom is -0.451 e. The highest BCUT2D eigenvalue weighted by atomic mass is 19.1. The topological polar surface area (TPSA) is 89.4 Å². The third-order valence-electron chi connectivity index (χ3n) is 4.04. The number of aryl methyl sites for hydroxylation is 1. The van der Waals surface area contributed by atoms with Crippen LogP contribution < -0.4 is 10.6 Å². The average Bonchev–Trinajstić information content (AvgIpc) is 3.14. The Bertz CT molecular complexity index is 1040. The van der Waals surface area contributed by atoms with Crippen molar-refractivity contribution in [3.8, 4) is 0 Å². The number of ether oxygens (including phenoxy) is 1. The molecule has 3 aromatic rings. The standard InChI is InChI=1S/C21H18FN3O4/c1-25-12-4-7-18(25)21(28)29-13-19(26)24-17-6-3-2-5-16(17)20(27)23-15-10-8-14(22)9-11-15/h2-12H,13H2,1H3,(H,23,27)(H,24,26). The summed E-state index contributed by atoms with van der Waals surface area (Å²) in [6, 6.07) is 15.0. The number of nitrogens with one attached hydrogen (secondary N) is 2.